The average Bonchev–Trinajstić information content (AvgIpc) is 3.03. The van der Waals surface area contributed by atoms with Crippen molar-refractivity contribution in [1.82, 2.24) is 20.1 Å². The van der Waals surface area contributed by atoms with Gasteiger partial charge >= 0.3 is 0 Å². The zero-order valence-corrected chi connectivity index (χ0v) is 14.8. The lowest BCUT2D eigenvalue weighted by Gasteiger charge is -2.30. The number of carbonyl (C=O) groups excluding carboxylic acids is 2. The van der Waals surface area contributed by atoms with E-state index in [1.165, 1.54) is 16.2 Å². The molecule has 0 saturated heterocycles. The molecule has 7 heteroatoms. The van der Waals surface area contributed by atoms with Gasteiger partial charge in [-0.3, -0.25) is 14.5 Å². The van der Waals surface area contributed by atoms with E-state index in [-0.39, 0.29) is 23.8 Å². The van der Waals surface area contributed by atoms with E-state index in [0.29, 0.717) is 5.01 Å². The number of rotatable bonds is 3. The maximum Gasteiger partial charge on any atom is 0.280 e. The molecule has 0 aromatic carbocycles. The lowest BCUT2D eigenvalue weighted by Crippen LogP contribution is -2.42. The number of fused-ring (bicyclic) bond motifs is 1. The van der Waals surface area contributed by atoms with Gasteiger partial charge in [0.2, 0.25) is 5.91 Å². The quantitative estimate of drug-likeness (QED) is 0.908. The third-order valence-corrected chi connectivity index (χ3v) is 5.69. The molecule has 1 aromatic rings. The summed E-state index contributed by atoms with van der Waals surface area (Å²) in [5.41, 5.74) is 1.03. The molecule has 6 nitrogen and oxygen atoms in total. The molecule has 2 heterocycles. The van der Waals surface area contributed by atoms with Crippen molar-refractivity contribution in [2.24, 2.45) is 5.92 Å². The number of amides is 2. The minimum atomic E-state index is -0.0880. The molecule has 2 atom stereocenters. The van der Waals surface area contributed by atoms with Crippen molar-refractivity contribution in [1.29, 1.82) is 0 Å². The van der Waals surface area contributed by atoms with Gasteiger partial charge in [0.25, 0.3) is 5.91 Å². The average molecular weight is 336 g/mol. The topological polar surface area (TPSA) is 65.5 Å². The van der Waals surface area contributed by atoms with E-state index in [2.05, 4.69) is 22.2 Å². The van der Waals surface area contributed by atoms with Crippen molar-refractivity contribution in [2.75, 3.05) is 21.1 Å². The molecular formula is C16H24N4O2S. The zero-order valence-electron chi connectivity index (χ0n) is 14.0. The number of aromatic nitrogens is 1. The van der Waals surface area contributed by atoms with Crippen molar-refractivity contribution >= 4 is 23.2 Å². The Labute approximate surface area is 140 Å². The van der Waals surface area contributed by atoms with Crippen LogP contribution in [-0.2, 0) is 17.9 Å². The second-order valence-corrected chi connectivity index (χ2v) is 7.91. The van der Waals surface area contributed by atoms with Crippen molar-refractivity contribution in [2.45, 2.75) is 44.8 Å². The van der Waals surface area contributed by atoms with E-state index in [1.54, 1.807) is 19.0 Å². The predicted octanol–water partition coefficient (Wildman–Crippen LogP) is 1.47. The van der Waals surface area contributed by atoms with Gasteiger partial charge in [0, 0.05) is 44.0 Å². The number of hydrogen-bond donors (Lipinski definition) is 1. The van der Waals surface area contributed by atoms with Gasteiger partial charge in [-0.2, -0.15) is 0 Å². The van der Waals surface area contributed by atoms with Crippen LogP contribution in [0.15, 0.2) is 0 Å². The molecule has 0 spiro atoms. The Morgan fingerprint density at radius 2 is 2.09 bits per heavy atom. The standard InChI is InChI=1S/C16H24N4O2S/c1-19(2)16(22)10-5-4-6-11(7-10)17-14(21)15-18-12-8-20(3)9-13(12)23-15/h10-11H,4-9H2,1-3H3,(H,17,21). The third kappa shape index (κ3) is 3.55. The second-order valence-electron chi connectivity index (χ2n) is 6.83. The Balaban J connectivity index is 1.59. The van der Waals surface area contributed by atoms with Crippen LogP contribution in [0.4, 0.5) is 0 Å². The molecule has 1 aliphatic carbocycles. The molecular weight excluding hydrogens is 312 g/mol. The molecule has 1 aromatic heterocycles. The fourth-order valence-corrected chi connectivity index (χ4v) is 4.50. The first-order chi connectivity index (χ1) is 10.9. The van der Waals surface area contributed by atoms with E-state index in [1.807, 2.05) is 0 Å². The minimum Gasteiger partial charge on any atom is -0.349 e. The highest BCUT2D eigenvalue weighted by molar-refractivity contribution is 7.13. The molecule has 1 N–H and O–H groups in total. The van der Waals surface area contributed by atoms with Gasteiger partial charge in [-0.05, 0) is 26.3 Å². The first-order valence-electron chi connectivity index (χ1n) is 8.13. The molecule has 2 unspecified atom stereocenters. The molecule has 0 bridgehead atoms. The summed E-state index contributed by atoms with van der Waals surface area (Å²) in [7, 11) is 5.63. The Morgan fingerprint density at radius 1 is 1.30 bits per heavy atom. The van der Waals surface area contributed by atoms with Crippen molar-refractivity contribution < 1.29 is 9.59 Å². The van der Waals surface area contributed by atoms with Gasteiger partial charge in [-0.15, -0.1) is 11.3 Å². The van der Waals surface area contributed by atoms with E-state index in [9.17, 15) is 9.59 Å². The summed E-state index contributed by atoms with van der Waals surface area (Å²) < 4.78 is 0. The van der Waals surface area contributed by atoms with Crippen LogP contribution in [0.25, 0.3) is 0 Å². The largest absolute Gasteiger partial charge is 0.349 e. The highest BCUT2D eigenvalue weighted by atomic mass is 32.1. The number of carbonyl (C=O) groups is 2. The SMILES string of the molecule is CN1Cc2nc(C(=O)NC3CCCC(C(=O)N(C)C)C3)sc2C1. The Kier molecular flexibility index (Phi) is 4.68. The lowest BCUT2D eigenvalue weighted by molar-refractivity contribution is -0.134. The zero-order chi connectivity index (χ0) is 16.6. The minimum absolute atomic E-state index is 0.0269. The van der Waals surface area contributed by atoms with Gasteiger partial charge in [-0.1, -0.05) is 6.42 Å². The summed E-state index contributed by atoms with van der Waals surface area (Å²) in [6.07, 6.45) is 3.57. The number of thiazole rings is 1. The molecule has 0 radical (unpaired) electrons. The highest BCUT2D eigenvalue weighted by Gasteiger charge is 2.30. The van der Waals surface area contributed by atoms with Crippen LogP contribution < -0.4 is 5.32 Å². The Bertz CT molecular complexity index is 590. The summed E-state index contributed by atoms with van der Waals surface area (Å²) in [5, 5.41) is 3.64. The van der Waals surface area contributed by atoms with Crippen LogP contribution in [0.3, 0.4) is 0 Å². The second kappa shape index (κ2) is 6.57. The third-order valence-electron chi connectivity index (χ3n) is 4.61. The van der Waals surface area contributed by atoms with Gasteiger partial charge in [0.05, 0.1) is 5.69 Å². The van der Waals surface area contributed by atoms with Crippen LogP contribution in [0.2, 0.25) is 0 Å². The summed E-state index contributed by atoms with van der Waals surface area (Å²) in [5.74, 6) is 0.106. The number of nitrogens with zero attached hydrogens (tertiary/aromatic N) is 3. The van der Waals surface area contributed by atoms with Crippen LogP contribution in [0.1, 0.15) is 46.1 Å². The van der Waals surface area contributed by atoms with Crippen LogP contribution in [0, 0.1) is 5.92 Å². The van der Waals surface area contributed by atoms with E-state index in [0.717, 1.165) is 44.5 Å². The summed E-state index contributed by atoms with van der Waals surface area (Å²) in [4.78, 5) is 34.1. The van der Waals surface area contributed by atoms with E-state index in [4.69, 9.17) is 0 Å². The molecule has 1 aliphatic heterocycles. The van der Waals surface area contributed by atoms with Gasteiger partial charge in [0.1, 0.15) is 0 Å². The van der Waals surface area contributed by atoms with Gasteiger partial charge < -0.3 is 10.2 Å². The summed E-state index contributed by atoms with van der Waals surface area (Å²) in [6.45, 7) is 1.70. The molecule has 126 valence electrons. The Hall–Kier alpha value is -1.47. The maximum atomic E-state index is 12.4. The normalized spacial score (nSPS) is 24.3. The van der Waals surface area contributed by atoms with E-state index >= 15 is 0 Å². The first kappa shape index (κ1) is 16.4. The molecule has 2 amide bonds. The fraction of sp³-hybridized carbons (Fsp3) is 0.688. The predicted molar refractivity (Wildman–Crippen MR) is 89.2 cm³/mol. The van der Waals surface area contributed by atoms with Gasteiger partial charge in [-0.25, -0.2) is 4.98 Å². The monoisotopic (exact) mass is 336 g/mol. The number of hydrogen-bond acceptors (Lipinski definition) is 5. The van der Waals surface area contributed by atoms with Crippen molar-refractivity contribution in [3.8, 4) is 0 Å². The summed E-state index contributed by atoms with van der Waals surface area (Å²) >= 11 is 1.49. The summed E-state index contributed by atoms with van der Waals surface area (Å²) in [6, 6.07) is 0.0755. The molecule has 1 fully saturated rings. The molecule has 3 rings (SSSR count). The maximum absolute atomic E-state index is 12.4. The van der Waals surface area contributed by atoms with Gasteiger partial charge in [0.15, 0.2) is 5.01 Å². The number of nitrogens with one attached hydrogen (secondary N) is 1. The fourth-order valence-electron chi connectivity index (χ4n) is 3.44. The van der Waals surface area contributed by atoms with Crippen molar-refractivity contribution in [3.05, 3.63) is 15.6 Å². The lowest BCUT2D eigenvalue weighted by atomic mass is 9.85. The van der Waals surface area contributed by atoms with Crippen LogP contribution in [-0.4, -0.2) is 53.8 Å². The van der Waals surface area contributed by atoms with Crippen molar-refractivity contribution in [3.63, 3.8) is 0 Å². The first-order valence-corrected chi connectivity index (χ1v) is 8.95. The van der Waals surface area contributed by atoms with E-state index < -0.39 is 0 Å². The molecule has 23 heavy (non-hydrogen) atoms. The molecule has 1 saturated carbocycles. The van der Waals surface area contributed by atoms with Crippen LogP contribution in [0.5, 0.6) is 0 Å². The Morgan fingerprint density at radius 3 is 2.78 bits per heavy atom. The highest BCUT2D eigenvalue weighted by Crippen LogP contribution is 2.28. The smallest absolute Gasteiger partial charge is 0.280 e. The molecule has 2 aliphatic rings. The van der Waals surface area contributed by atoms with Crippen LogP contribution >= 0.6 is 11.3 Å².